The first-order valence-electron chi connectivity index (χ1n) is 33.3. The van der Waals surface area contributed by atoms with Crippen LogP contribution in [0.1, 0.15) is 374 Å². The summed E-state index contributed by atoms with van der Waals surface area (Å²) in [5.41, 5.74) is 0. The zero-order valence-corrected chi connectivity index (χ0v) is 50.1. The van der Waals surface area contributed by atoms with E-state index in [1.165, 1.54) is 270 Å². The highest BCUT2D eigenvalue weighted by atomic mass is 16.6. The van der Waals surface area contributed by atoms with Gasteiger partial charge in [0.15, 0.2) is 6.10 Å². The molecule has 74 heavy (non-hydrogen) atoms. The van der Waals surface area contributed by atoms with Crippen molar-refractivity contribution in [3.8, 4) is 0 Å². The molecule has 0 aliphatic heterocycles. The lowest BCUT2D eigenvalue weighted by molar-refractivity contribution is -0.167. The van der Waals surface area contributed by atoms with Crippen LogP contribution in [-0.4, -0.2) is 37.2 Å². The fourth-order valence-electron chi connectivity index (χ4n) is 10.2. The van der Waals surface area contributed by atoms with E-state index in [0.29, 0.717) is 19.3 Å². The molecule has 1 unspecified atom stereocenters. The number of hydrogen-bond acceptors (Lipinski definition) is 6. The van der Waals surface area contributed by atoms with Crippen molar-refractivity contribution < 1.29 is 28.6 Å². The number of unbranched alkanes of at least 4 members (excludes halogenated alkanes) is 47. The first kappa shape index (κ1) is 71.9. The third-order valence-corrected chi connectivity index (χ3v) is 15.2. The maximum absolute atomic E-state index is 12.8. The molecule has 0 saturated carbocycles. The number of hydrogen-bond donors (Lipinski definition) is 0. The second-order valence-corrected chi connectivity index (χ2v) is 22.7. The van der Waals surface area contributed by atoms with Gasteiger partial charge in [-0.1, -0.05) is 328 Å². The zero-order chi connectivity index (χ0) is 53.6. The summed E-state index contributed by atoms with van der Waals surface area (Å²) in [4.78, 5) is 38.1. The van der Waals surface area contributed by atoms with Crippen molar-refractivity contribution in [2.45, 2.75) is 380 Å². The molecule has 0 saturated heterocycles. The molecule has 1 atom stereocenters. The average molecular weight is 1040 g/mol. The van der Waals surface area contributed by atoms with E-state index in [1.807, 2.05) is 0 Å². The van der Waals surface area contributed by atoms with Gasteiger partial charge in [-0.15, -0.1) is 0 Å². The van der Waals surface area contributed by atoms with Crippen LogP contribution < -0.4 is 0 Å². The molecule has 0 heterocycles. The molecule has 0 aliphatic rings. The van der Waals surface area contributed by atoms with Gasteiger partial charge in [-0.25, -0.2) is 0 Å². The van der Waals surface area contributed by atoms with Crippen LogP contribution in [0.15, 0.2) is 24.3 Å². The van der Waals surface area contributed by atoms with Crippen molar-refractivity contribution in [2.24, 2.45) is 0 Å². The van der Waals surface area contributed by atoms with Crippen LogP contribution in [0.25, 0.3) is 0 Å². The van der Waals surface area contributed by atoms with E-state index in [-0.39, 0.29) is 31.1 Å². The Morgan fingerprint density at radius 2 is 0.486 bits per heavy atom. The van der Waals surface area contributed by atoms with Crippen molar-refractivity contribution in [3.63, 3.8) is 0 Å². The van der Waals surface area contributed by atoms with Crippen molar-refractivity contribution in [1.29, 1.82) is 0 Å². The van der Waals surface area contributed by atoms with Gasteiger partial charge < -0.3 is 14.2 Å². The molecule has 0 rings (SSSR count). The smallest absolute Gasteiger partial charge is 0.306 e. The highest BCUT2D eigenvalue weighted by Gasteiger charge is 2.19. The summed E-state index contributed by atoms with van der Waals surface area (Å²) >= 11 is 0. The van der Waals surface area contributed by atoms with Crippen molar-refractivity contribution in [2.75, 3.05) is 13.2 Å². The van der Waals surface area contributed by atoms with Gasteiger partial charge >= 0.3 is 17.9 Å². The van der Waals surface area contributed by atoms with Crippen LogP contribution in [0, 0.1) is 0 Å². The lowest BCUT2D eigenvalue weighted by atomic mass is 10.0. The predicted molar refractivity (Wildman–Crippen MR) is 321 cm³/mol. The fourth-order valence-corrected chi connectivity index (χ4v) is 10.2. The van der Waals surface area contributed by atoms with Crippen molar-refractivity contribution in [1.82, 2.24) is 0 Å². The van der Waals surface area contributed by atoms with Crippen molar-refractivity contribution >= 4 is 17.9 Å². The number of carbonyl (C=O) groups is 3. The lowest BCUT2D eigenvalue weighted by Crippen LogP contribution is -2.30. The summed E-state index contributed by atoms with van der Waals surface area (Å²) in [5.74, 6) is -0.855. The molecule has 0 bridgehead atoms. The largest absolute Gasteiger partial charge is 0.462 e. The Kier molecular flexibility index (Phi) is 61.6. The number of ether oxygens (including phenoxy) is 3. The maximum atomic E-state index is 12.8. The normalized spacial score (nSPS) is 12.1. The van der Waals surface area contributed by atoms with E-state index in [1.54, 1.807) is 0 Å². The number of rotatable bonds is 62. The molecule has 0 fully saturated rings. The third-order valence-electron chi connectivity index (χ3n) is 15.2. The topological polar surface area (TPSA) is 78.9 Å². The van der Waals surface area contributed by atoms with E-state index < -0.39 is 6.10 Å². The molecule has 0 amide bonds. The molecule has 6 heteroatoms. The number of esters is 3. The number of carbonyl (C=O) groups excluding carboxylic acids is 3. The first-order valence-corrected chi connectivity index (χ1v) is 33.3. The van der Waals surface area contributed by atoms with E-state index in [2.05, 4.69) is 45.1 Å². The molecule has 0 spiro atoms. The second-order valence-electron chi connectivity index (χ2n) is 22.7. The molecule has 0 radical (unpaired) electrons. The summed E-state index contributed by atoms with van der Waals surface area (Å²) in [6, 6.07) is 0. The summed E-state index contributed by atoms with van der Waals surface area (Å²) in [7, 11) is 0. The molecular formula is C68H128O6. The van der Waals surface area contributed by atoms with Gasteiger partial charge in [0.25, 0.3) is 0 Å². The quantitative estimate of drug-likeness (QED) is 0.0261. The minimum atomic E-state index is -0.768. The standard InChI is InChI=1S/C68H128O6/c1-4-7-10-13-16-18-20-22-24-26-28-29-30-31-32-33-34-35-36-37-38-40-41-43-45-47-49-52-55-58-61-67(70)73-64-65(63-72-66(69)60-57-54-51-15-12-9-6-3)74-68(71)62-59-56-53-50-48-46-44-42-39-27-25-23-21-19-17-14-11-8-5-2/h17,19,23,25,65H,4-16,18,20-22,24,26-64H2,1-3H3/b19-17-,25-23-. The Labute approximate surface area is 462 Å². The van der Waals surface area contributed by atoms with E-state index >= 15 is 0 Å². The second kappa shape index (κ2) is 63.4. The Balaban J connectivity index is 4.00. The molecule has 6 nitrogen and oxygen atoms in total. The monoisotopic (exact) mass is 1040 g/mol. The van der Waals surface area contributed by atoms with Crippen LogP contribution in [0.3, 0.4) is 0 Å². The van der Waals surface area contributed by atoms with Gasteiger partial charge in [-0.2, -0.15) is 0 Å². The highest BCUT2D eigenvalue weighted by molar-refractivity contribution is 5.71. The molecule has 0 aliphatic carbocycles. The highest BCUT2D eigenvalue weighted by Crippen LogP contribution is 2.18. The van der Waals surface area contributed by atoms with Crippen LogP contribution in [0.4, 0.5) is 0 Å². The van der Waals surface area contributed by atoms with Crippen LogP contribution in [0.5, 0.6) is 0 Å². The Hall–Kier alpha value is -2.11. The van der Waals surface area contributed by atoms with Gasteiger partial charge in [0.1, 0.15) is 13.2 Å². The predicted octanol–water partition coefficient (Wildman–Crippen LogP) is 22.6. The summed E-state index contributed by atoms with van der Waals surface area (Å²) in [5, 5.41) is 0. The number of allylic oxidation sites excluding steroid dienone is 4. The van der Waals surface area contributed by atoms with E-state index in [0.717, 1.165) is 64.2 Å². The SMILES string of the molecule is CCCCC/C=C\C/C=C\CCCCCCCCCCCC(=O)OC(COC(=O)CCCCCCCCC)COC(=O)CCCCCCCCCCCCCCCCCCCCCCCCCCCCCCCC. The summed E-state index contributed by atoms with van der Waals surface area (Å²) < 4.78 is 16.9. The van der Waals surface area contributed by atoms with Crippen LogP contribution >= 0.6 is 0 Å². The molecule has 436 valence electrons. The minimum absolute atomic E-state index is 0.0678. The molecule has 0 aromatic carbocycles. The first-order chi connectivity index (χ1) is 36.5. The summed E-state index contributed by atoms with van der Waals surface area (Å²) in [6.45, 7) is 6.63. The van der Waals surface area contributed by atoms with Gasteiger partial charge in [-0.05, 0) is 51.4 Å². The Morgan fingerprint density at radius 1 is 0.270 bits per heavy atom. The van der Waals surface area contributed by atoms with Gasteiger partial charge in [0, 0.05) is 19.3 Å². The van der Waals surface area contributed by atoms with Gasteiger partial charge in [0.05, 0.1) is 0 Å². The molecule has 0 aromatic heterocycles. The molecule has 0 N–H and O–H groups in total. The molecule has 0 aromatic rings. The Bertz CT molecular complexity index is 1190. The zero-order valence-electron chi connectivity index (χ0n) is 50.1. The van der Waals surface area contributed by atoms with Crippen molar-refractivity contribution in [3.05, 3.63) is 24.3 Å². The van der Waals surface area contributed by atoms with Crippen LogP contribution in [-0.2, 0) is 28.6 Å². The lowest BCUT2D eigenvalue weighted by Gasteiger charge is -2.18. The van der Waals surface area contributed by atoms with E-state index in [4.69, 9.17) is 14.2 Å². The van der Waals surface area contributed by atoms with Gasteiger partial charge in [-0.3, -0.25) is 14.4 Å². The third kappa shape index (κ3) is 60.8. The summed E-state index contributed by atoms with van der Waals surface area (Å²) in [6.07, 6.45) is 76.6. The average Bonchev–Trinajstić information content (AvgIpc) is 3.40. The van der Waals surface area contributed by atoms with Gasteiger partial charge in [0.2, 0.25) is 0 Å². The fraction of sp³-hybridized carbons (Fsp3) is 0.897. The van der Waals surface area contributed by atoms with Crippen LogP contribution in [0.2, 0.25) is 0 Å². The maximum Gasteiger partial charge on any atom is 0.306 e. The molecular weight excluding hydrogens is 913 g/mol. The Morgan fingerprint density at radius 3 is 0.770 bits per heavy atom. The van der Waals surface area contributed by atoms with E-state index in [9.17, 15) is 14.4 Å². The minimum Gasteiger partial charge on any atom is -0.462 e.